The van der Waals surface area contributed by atoms with Gasteiger partial charge in [0.15, 0.2) is 0 Å². The summed E-state index contributed by atoms with van der Waals surface area (Å²) in [6.07, 6.45) is 4.69. The number of amidine groups is 1. The fraction of sp³-hybridized carbons (Fsp3) is 0.333. The van der Waals surface area contributed by atoms with Gasteiger partial charge in [0, 0.05) is 25.5 Å². The molecule has 0 aliphatic heterocycles. The van der Waals surface area contributed by atoms with Crippen molar-refractivity contribution >= 4 is 5.84 Å². The van der Waals surface area contributed by atoms with E-state index in [9.17, 15) is 0 Å². The molecule has 6 nitrogen and oxygen atoms in total. The molecule has 1 aromatic heterocycles. The van der Waals surface area contributed by atoms with Crippen LogP contribution in [-0.2, 0) is 6.54 Å². The highest BCUT2D eigenvalue weighted by atomic mass is 16.4. The lowest BCUT2D eigenvalue weighted by Crippen LogP contribution is -2.32. The summed E-state index contributed by atoms with van der Waals surface area (Å²) < 4.78 is 1.90. The maximum atomic E-state index is 8.92. The van der Waals surface area contributed by atoms with E-state index in [2.05, 4.69) is 15.6 Å². The first kappa shape index (κ1) is 15.1. The van der Waals surface area contributed by atoms with Crippen LogP contribution >= 0.6 is 0 Å². The van der Waals surface area contributed by atoms with Crippen LogP contribution in [0.1, 0.15) is 17.9 Å². The lowest BCUT2D eigenvalue weighted by Gasteiger charge is -2.16. The quantitative estimate of drug-likeness (QED) is 0.225. The molecule has 0 radical (unpaired) electrons. The molecule has 6 heteroatoms. The number of oxime groups is 1. The Morgan fingerprint density at radius 1 is 1.33 bits per heavy atom. The van der Waals surface area contributed by atoms with E-state index < -0.39 is 0 Å². The summed E-state index contributed by atoms with van der Waals surface area (Å²) in [5.41, 5.74) is 6.82. The Labute approximate surface area is 124 Å². The molecule has 0 saturated carbocycles. The summed E-state index contributed by atoms with van der Waals surface area (Å²) in [5.74, 6) is 0.0988. The van der Waals surface area contributed by atoms with E-state index in [1.165, 1.54) is 0 Å². The Hall–Kier alpha value is -2.34. The molecule has 0 amide bonds. The van der Waals surface area contributed by atoms with E-state index in [4.69, 9.17) is 10.9 Å². The van der Waals surface area contributed by atoms with Crippen molar-refractivity contribution in [3.05, 3.63) is 54.4 Å². The lowest BCUT2D eigenvalue weighted by molar-refractivity contribution is 0.315. The molecule has 21 heavy (non-hydrogen) atoms. The molecule has 0 fully saturated rings. The molecule has 0 saturated heterocycles. The van der Waals surface area contributed by atoms with Gasteiger partial charge >= 0.3 is 0 Å². The van der Waals surface area contributed by atoms with Crippen LogP contribution in [0.4, 0.5) is 0 Å². The standard InChI is InChI=1S/C15H21N5O/c16-15(19-21)14(13-6-2-1-3-7-13)12-17-8-4-10-20-11-5-9-18-20/h1-3,5-7,9,11,14,17,21H,4,8,10,12H2,(H2,16,19). The van der Waals surface area contributed by atoms with Gasteiger partial charge in [-0.25, -0.2) is 0 Å². The predicted octanol–water partition coefficient (Wildman–Crippen LogP) is 1.39. The average Bonchev–Trinajstić information content (AvgIpc) is 3.04. The molecule has 1 unspecified atom stereocenters. The van der Waals surface area contributed by atoms with Crippen molar-refractivity contribution in [3.63, 3.8) is 0 Å². The summed E-state index contributed by atoms with van der Waals surface area (Å²) in [6, 6.07) is 11.7. The summed E-state index contributed by atoms with van der Waals surface area (Å²) >= 11 is 0. The van der Waals surface area contributed by atoms with Crippen LogP contribution in [0.2, 0.25) is 0 Å². The van der Waals surface area contributed by atoms with E-state index in [0.717, 1.165) is 25.1 Å². The van der Waals surface area contributed by atoms with Gasteiger partial charge in [-0.05, 0) is 24.6 Å². The highest BCUT2D eigenvalue weighted by Crippen LogP contribution is 2.14. The second kappa shape index (κ2) is 8.06. The fourth-order valence-electron chi connectivity index (χ4n) is 2.19. The van der Waals surface area contributed by atoms with E-state index in [1.54, 1.807) is 6.20 Å². The minimum atomic E-state index is -0.124. The third kappa shape index (κ3) is 4.61. The average molecular weight is 287 g/mol. The SMILES string of the molecule is N/C(=N/O)C(CNCCCn1cccn1)c1ccccc1. The lowest BCUT2D eigenvalue weighted by atomic mass is 9.98. The molecule has 1 aromatic carbocycles. The monoisotopic (exact) mass is 287 g/mol. The molecule has 0 bridgehead atoms. The Bertz CT molecular complexity index is 538. The normalized spacial score (nSPS) is 13.2. The van der Waals surface area contributed by atoms with Gasteiger partial charge < -0.3 is 16.3 Å². The van der Waals surface area contributed by atoms with Gasteiger partial charge in [0.25, 0.3) is 0 Å². The first-order valence-electron chi connectivity index (χ1n) is 7.01. The molecule has 0 spiro atoms. The van der Waals surface area contributed by atoms with Crippen LogP contribution in [0.15, 0.2) is 53.9 Å². The van der Waals surface area contributed by atoms with Crippen molar-refractivity contribution in [1.82, 2.24) is 15.1 Å². The van der Waals surface area contributed by atoms with E-state index >= 15 is 0 Å². The van der Waals surface area contributed by atoms with Crippen molar-refractivity contribution in [2.45, 2.75) is 18.9 Å². The summed E-state index contributed by atoms with van der Waals surface area (Å²) in [4.78, 5) is 0. The molecule has 112 valence electrons. The van der Waals surface area contributed by atoms with Crippen LogP contribution in [0.3, 0.4) is 0 Å². The number of benzene rings is 1. The van der Waals surface area contributed by atoms with Gasteiger partial charge in [0.1, 0.15) is 5.84 Å². The molecule has 1 heterocycles. The summed E-state index contributed by atoms with van der Waals surface area (Å²) in [6.45, 7) is 2.36. The van der Waals surface area contributed by atoms with Crippen LogP contribution < -0.4 is 11.1 Å². The summed E-state index contributed by atoms with van der Waals surface area (Å²) in [5, 5.41) is 19.6. The van der Waals surface area contributed by atoms with E-state index in [0.29, 0.717) is 6.54 Å². The van der Waals surface area contributed by atoms with Gasteiger partial charge in [-0.3, -0.25) is 4.68 Å². The highest BCUT2D eigenvalue weighted by Gasteiger charge is 2.15. The van der Waals surface area contributed by atoms with E-state index in [1.807, 2.05) is 47.3 Å². The third-order valence-electron chi connectivity index (χ3n) is 3.32. The number of nitrogens with two attached hydrogens (primary N) is 1. The van der Waals surface area contributed by atoms with Gasteiger partial charge in [0.2, 0.25) is 0 Å². The minimum absolute atomic E-state index is 0.124. The van der Waals surface area contributed by atoms with Crippen molar-refractivity contribution in [2.24, 2.45) is 10.9 Å². The second-order valence-corrected chi connectivity index (χ2v) is 4.81. The Kier molecular flexibility index (Phi) is 5.78. The molecule has 4 N–H and O–H groups in total. The summed E-state index contributed by atoms with van der Waals surface area (Å²) in [7, 11) is 0. The van der Waals surface area contributed by atoms with Gasteiger partial charge in [-0.15, -0.1) is 0 Å². The van der Waals surface area contributed by atoms with Crippen molar-refractivity contribution < 1.29 is 5.21 Å². The molecular formula is C15H21N5O. The van der Waals surface area contributed by atoms with Gasteiger partial charge in [0.05, 0.1) is 5.92 Å². The largest absolute Gasteiger partial charge is 0.409 e. The maximum Gasteiger partial charge on any atom is 0.147 e. The number of nitrogens with zero attached hydrogens (tertiary/aromatic N) is 3. The molecule has 2 rings (SSSR count). The highest BCUT2D eigenvalue weighted by molar-refractivity contribution is 5.87. The van der Waals surface area contributed by atoms with Crippen LogP contribution in [0.25, 0.3) is 0 Å². The number of rotatable bonds is 8. The minimum Gasteiger partial charge on any atom is -0.409 e. The molecule has 2 aromatic rings. The zero-order valence-corrected chi connectivity index (χ0v) is 11.9. The zero-order valence-electron chi connectivity index (χ0n) is 11.9. The van der Waals surface area contributed by atoms with Crippen LogP contribution in [-0.4, -0.2) is 33.9 Å². The predicted molar refractivity (Wildman–Crippen MR) is 82.3 cm³/mol. The molecule has 0 aliphatic carbocycles. The smallest absolute Gasteiger partial charge is 0.147 e. The first-order chi connectivity index (χ1) is 10.3. The second-order valence-electron chi connectivity index (χ2n) is 4.81. The molecular weight excluding hydrogens is 266 g/mol. The zero-order chi connectivity index (χ0) is 14.9. The Morgan fingerprint density at radius 3 is 2.81 bits per heavy atom. The first-order valence-corrected chi connectivity index (χ1v) is 7.01. The maximum absolute atomic E-state index is 8.92. The number of hydrogen-bond donors (Lipinski definition) is 3. The van der Waals surface area contributed by atoms with Crippen molar-refractivity contribution in [3.8, 4) is 0 Å². The van der Waals surface area contributed by atoms with Crippen LogP contribution in [0.5, 0.6) is 0 Å². The van der Waals surface area contributed by atoms with Gasteiger partial charge in [-0.1, -0.05) is 35.5 Å². The topological polar surface area (TPSA) is 88.5 Å². The molecule has 1 atom stereocenters. The van der Waals surface area contributed by atoms with Crippen LogP contribution in [0, 0.1) is 0 Å². The Morgan fingerprint density at radius 2 is 2.14 bits per heavy atom. The van der Waals surface area contributed by atoms with Crippen molar-refractivity contribution in [2.75, 3.05) is 13.1 Å². The van der Waals surface area contributed by atoms with Gasteiger partial charge in [-0.2, -0.15) is 5.10 Å². The fourth-order valence-corrected chi connectivity index (χ4v) is 2.19. The number of aromatic nitrogens is 2. The number of hydrogen-bond acceptors (Lipinski definition) is 4. The number of nitrogens with one attached hydrogen (secondary N) is 1. The Balaban J connectivity index is 1.80. The van der Waals surface area contributed by atoms with E-state index in [-0.39, 0.29) is 11.8 Å². The number of aryl methyl sites for hydroxylation is 1. The van der Waals surface area contributed by atoms with Crippen molar-refractivity contribution in [1.29, 1.82) is 0 Å². The molecule has 0 aliphatic rings. The third-order valence-corrected chi connectivity index (χ3v) is 3.32.